The van der Waals surface area contributed by atoms with Crippen molar-refractivity contribution in [1.29, 1.82) is 0 Å². The summed E-state index contributed by atoms with van der Waals surface area (Å²) in [4.78, 5) is 10.6. The van der Waals surface area contributed by atoms with E-state index in [1.54, 1.807) is 0 Å². The summed E-state index contributed by atoms with van der Waals surface area (Å²) < 4.78 is 0. The van der Waals surface area contributed by atoms with E-state index in [0.29, 0.717) is 5.95 Å². The number of nitrogens with zero attached hydrogens (tertiary/aromatic N) is 3. The van der Waals surface area contributed by atoms with Gasteiger partial charge in [0.25, 0.3) is 0 Å². The molecule has 0 atom stereocenters. The van der Waals surface area contributed by atoms with Crippen LogP contribution in [0.4, 0.5) is 17.6 Å². The normalized spacial score (nSPS) is 16.5. The number of hydrogen-bond acceptors (Lipinski definition) is 5. The summed E-state index contributed by atoms with van der Waals surface area (Å²) in [5, 5.41) is 2.99. The summed E-state index contributed by atoms with van der Waals surface area (Å²) >= 11 is 0. The monoisotopic (exact) mass is 207 g/mol. The molecule has 1 saturated heterocycles. The van der Waals surface area contributed by atoms with E-state index in [-0.39, 0.29) is 0 Å². The Labute approximate surface area is 89.7 Å². The van der Waals surface area contributed by atoms with Crippen molar-refractivity contribution in [2.24, 2.45) is 0 Å². The van der Waals surface area contributed by atoms with Crippen molar-refractivity contribution >= 4 is 17.6 Å². The number of aromatic nitrogens is 2. The Morgan fingerprint density at radius 3 is 2.67 bits per heavy atom. The van der Waals surface area contributed by atoms with Crippen molar-refractivity contribution in [3.05, 3.63) is 6.07 Å². The lowest BCUT2D eigenvalue weighted by Crippen LogP contribution is -2.30. The maximum atomic E-state index is 5.65. The average molecular weight is 207 g/mol. The summed E-state index contributed by atoms with van der Waals surface area (Å²) in [5.41, 5.74) is 5.65. The number of piperidine rings is 1. The summed E-state index contributed by atoms with van der Waals surface area (Å²) in [7, 11) is 1.84. The molecule has 0 amide bonds. The number of hydrogen-bond donors (Lipinski definition) is 2. The minimum atomic E-state index is 0.336. The molecule has 0 radical (unpaired) electrons. The van der Waals surface area contributed by atoms with Crippen molar-refractivity contribution in [3.63, 3.8) is 0 Å². The van der Waals surface area contributed by atoms with Crippen LogP contribution in [0.3, 0.4) is 0 Å². The molecular weight excluding hydrogens is 190 g/mol. The van der Waals surface area contributed by atoms with Crippen molar-refractivity contribution < 1.29 is 0 Å². The first-order valence-corrected chi connectivity index (χ1v) is 5.37. The van der Waals surface area contributed by atoms with Crippen LogP contribution in [0.2, 0.25) is 0 Å². The first kappa shape index (κ1) is 10.0. The number of anilines is 3. The van der Waals surface area contributed by atoms with E-state index in [1.807, 2.05) is 13.1 Å². The van der Waals surface area contributed by atoms with Crippen LogP contribution in [0.5, 0.6) is 0 Å². The topological polar surface area (TPSA) is 67.1 Å². The van der Waals surface area contributed by atoms with Gasteiger partial charge in [0.05, 0.1) is 0 Å². The molecular formula is C10H17N5. The fraction of sp³-hybridized carbons (Fsp3) is 0.600. The summed E-state index contributed by atoms with van der Waals surface area (Å²) in [6.45, 7) is 2.14. The van der Waals surface area contributed by atoms with Gasteiger partial charge in [0.2, 0.25) is 5.95 Å². The van der Waals surface area contributed by atoms with Crippen molar-refractivity contribution in [3.8, 4) is 0 Å². The second kappa shape index (κ2) is 4.33. The van der Waals surface area contributed by atoms with Gasteiger partial charge in [-0.25, -0.2) is 0 Å². The van der Waals surface area contributed by atoms with Gasteiger partial charge in [0.15, 0.2) is 0 Å². The van der Waals surface area contributed by atoms with Gasteiger partial charge in [-0.15, -0.1) is 0 Å². The van der Waals surface area contributed by atoms with Gasteiger partial charge < -0.3 is 16.0 Å². The average Bonchev–Trinajstić information content (AvgIpc) is 2.29. The first-order valence-electron chi connectivity index (χ1n) is 5.37. The highest BCUT2D eigenvalue weighted by atomic mass is 15.2. The van der Waals surface area contributed by atoms with Crippen LogP contribution in [0.1, 0.15) is 19.3 Å². The zero-order valence-corrected chi connectivity index (χ0v) is 9.03. The fourth-order valence-electron chi connectivity index (χ4n) is 1.87. The second-order valence-electron chi connectivity index (χ2n) is 3.77. The van der Waals surface area contributed by atoms with Gasteiger partial charge in [-0.2, -0.15) is 9.97 Å². The molecule has 5 heteroatoms. The Morgan fingerprint density at radius 2 is 2.00 bits per heavy atom. The molecule has 0 unspecified atom stereocenters. The van der Waals surface area contributed by atoms with E-state index in [9.17, 15) is 0 Å². The molecule has 2 heterocycles. The molecule has 2 rings (SSSR count). The third-order valence-corrected chi connectivity index (χ3v) is 2.67. The Morgan fingerprint density at radius 1 is 1.27 bits per heavy atom. The highest BCUT2D eigenvalue weighted by Crippen LogP contribution is 2.20. The van der Waals surface area contributed by atoms with Gasteiger partial charge in [-0.05, 0) is 19.3 Å². The summed E-state index contributed by atoms with van der Waals surface area (Å²) in [6.07, 6.45) is 3.79. The Balaban J connectivity index is 2.22. The standard InChI is InChI=1S/C10H17N5/c1-12-8-7-9(14-10(11)13-8)15-5-3-2-4-6-15/h7H,2-6H2,1H3,(H3,11,12,13,14). The van der Waals surface area contributed by atoms with E-state index >= 15 is 0 Å². The molecule has 0 aliphatic carbocycles. The maximum absolute atomic E-state index is 5.65. The van der Waals surface area contributed by atoms with E-state index in [0.717, 1.165) is 24.7 Å². The molecule has 0 aromatic carbocycles. The van der Waals surface area contributed by atoms with Crippen LogP contribution in [-0.2, 0) is 0 Å². The highest BCUT2D eigenvalue weighted by molar-refractivity contribution is 5.52. The predicted molar refractivity (Wildman–Crippen MR) is 62.1 cm³/mol. The smallest absolute Gasteiger partial charge is 0.223 e. The number of nitrogens with one attached hydrogen (secondary N) is 1. The third kappa shape index (κ3) is 2.29. The van der Waals surface area contributed by atoms with Crippen LogP contribution < -0.4 is 16.0 Å². The van der Waals surface area contributed by atoms with Crippen LogP contribution in [-0.4, -0.2) is 30.1 Å². The SMILES string of the molecule is CNc1cc(N2CCCCC2)nc(N)n1. The first-order chi connectivity index (χ1) is 7.29. The largest absolute Gasteiger partial charge is 0.373 e. The molecule has 5 nitrogen and oxygen atoms in total. The fourth-order valence-corrected chi connectivity index (χ4v) is 1.87. The molecule has 0 saturated carbocycles. The lowest BCUT2D eigenvalue weighted by molar-refractivity contribution is 0.573. The third-order valence-electron chi connectivity index (χ3n) is 2.67. The zero-order valence-electron chi connectivity index (χ0n) is 9.03. The molecule has 1 aromatic heterocycles. The predicted octanol–water partition coefficient (Wildman–Crippen LogP) is 1.09. The van der Waals surface area contributed by atoms with E-state index in [1.165, 1.54) is 19.3 Å². The summed E-state index contributed by atoms with van der Waals surface area (Å²) in [6, 6.07) is 1.95. The zero-order chi connectivity index (χ0) is 10.7. The minimum absolute atomic E-state index is 0.336. The number of nitrogen functional groups attached to an aromatic ring is 1. The molecule has 0 bridgehead atoms. The molecule has 82 valence electrons. The Kier molecular flexibility index (Phi) is 2.89. The molecule has 0 spiro atoms. The molecule has 3 N–H and O–H groups in total. The van der Waals surface area contributed by atoms with Gasteiger partial charge >= 0.3 is 0 Å². The Hall–Kier alpha value is -1.52. The van der Waals surface area contributed by atoms with Crippen LogP contribution in [0.25, 0.3) is 0 Å². The van der Waals surface area contributed by atoms with Gasteiger partial charge in [0, 0.05) is 26.2 Å². The number of rotatable bonds is 2. The van der Waals surface area contributed by atoms with Crippen molar-refractivity contribution in [2.45, 2.75) is 19.3 Å². The summed E-state index contributed by atoms with van der Waals surface area (Å²) in [5.74, 6) is 2.05. The van der Waals surface area contributed by atoms with Gasteiger partial charge in [-0.3, -0.25) is 0 Å². The minimum Gasteiger partial charge on any atom is -0.373 e. The molecule has 1 aromatic rings. The van der Waals surface area contributed by atoms with E-state index in [4.69, 9.17) is 5.73 Å². The second-order valence-corrected chi connectivity index (χ2v) is 3.77. The van der Waals surface area contributed by atoms with Crippen LogP contribution >= 0.6 is 0 Å². The molecule has 1 fully saturated rings. The lowest BCUT2D eigenvalue weighted by Gasteiger charge is -2.27. The van der Waals surface area contributed by atoms with Gasteiger partial charge in [-0.1, -0.05) is 0 Å². The van der Waals surface area contributed by atoms with E-state index in [2.05, 4.69) is 20.2 Å². The molecule has 15 heavy (non-hydrogen) atoms. The van der Waals surface area contributed by atoms with Gasteiger partial charge in [0.1, 0.15) is 11.6 Å². The maximum Gasteiger partial charge on any atom is 0.223 e. The van der Waals surface area contributed by atoms with Crippen molar-refractivity contribution in [1.82, 2.24) is 9.97 Å². The quantitative estimate of drug-likeness (QED) is 0.760. The lowest BCUT2D eigenvalue weighted by atomic mass is 10.1. The number of nitrogens with two attached hydrogens (primary N) is 1. The molecule has 1 aliphatic rings. The van der Waals surface area contributed by atoms with E-state index < -0.39 is 0 Å². The Bertz CT molecular complexity index is 333. The van der Waals surface area contributed by atoms with Crippen LogP contribution in [0, 0.1) is 0 Å². The molecule has 1 aliphatic heterocycles. The van der Waals surface area contributed by atoms with Crippen molar-refractivity contribution in [2.75, 3.05) is 36.1 Å². The highest BCUT2D eigenvalue weighted by Gasteiger charge is 2.13. The van der Waals surface area contributed by atoms with Crippen LogP contribution in [0.15, 0.2) is 6.07 Å².